The SMILES string of the molecule is [2H]c1c([2H])c([2H])c(C([2H])([2H])[C@@H](C[C@H](O)[C@@]([2H])(NC(=O)COc2c(C([2H])([2H])[2H])c([2H])c([2H])c([2H])c2C([2H])([2H])[2H])C([2H])([2H])c2c([2H])c([2H])c([2H])c([2H])c2[2H])NC(=O)[C@H](C(C)C)N2CCCNC2=O)c([2H])c1[2H]. The third-order valence-electron chi connectivity index (χ3n) is 6.49. The molecule has 246 valence electrons. The number of carbonyl (C=O) groups is 3. The maximum Gasteiger partial charge on any atom is 0.318 e. The van der Waals surface area contributed by atoms with E-state index in [0.29, 0.717) is 6.42 Å². The first kappa shape index (κ1) is 14.6. The van der Waals surface area contributed by atoms with E-state index in [1.165, 1.54) is 13.8 Å². The third kappa shape index (κ3) is 9.81. The number of carbonyl (C=O) groups excluding carboxylic acids is 3. The molecular weight excluding hydrogens is 580 g/mol. The number of amides is 4. The van der Waals surface area contributed by atoms with E-state index < -0.39 is 194 Å². The molecule has 0 aromatic heterocycles. The molecule has 4 N–H and O–H groups in total. The number of para-hydroxylation sites is 1. The fourth-order valence-electron chi connectivity index (χ4n) is 4.47. The molecule has 0 aliphatic carbocycles. The molecule has 9 heteroatoms. The summed E-state index contributed by atoms with van der Waals surface area (Å²) in [5.74, 6) is -5.03. The van der Waals surface area contributed by atoms with Gasteiger partial charge < -0.3 is 30.7 Å². The van der Waals surface area contributed by atoms with Gasteiger partial charge in [-0.15, -0.1) is 0 Å². The van der Waals surface area contributed by atoms with Crippen molar-refractivity contribution in [1.82, 2.24) is 20.9 Å². The summed E-state index contributed by atoms with van der Waals surface area (Å²) in [6.07, 6.45) is -11.6. The van der Waals surface area contributed by atoms with Gasteiger partial charge in [-0.25, -0.2) is 4.79 Å². The molecule has 0 radical (unpaired) electrons. The monoisotopic (exact) mass is 653 g/mol. The van der Waals surface area contributed by atoms with Crippen LogP contribution in [0.25, 0.3) is 0 Å². The standard InChI is InChI=1S/C37H48N4O5/c1-25(2)34(41-20-12-19-38-37(41)45)36(44)39-30(21-28-15-7-5-8-16-28)23-32(42)31(22-29-17-9-6-10-18-29)40-33(43)24-46-35-26(3)13-11-14-27(35)4/h5-11,13-18,25,30-32,34,42H,12,19-24H2,1-4H3,(H,38,45)(H,39,44)(H,40,43)/t30-,31-,32-,34-/m0/s1/i3D3,4D3,5D,6D,7D,8D,9D,10D,11D,13D,14D,15D,16D,17D,18D,21D2,22D2,31D. The minimum atomic E-state index is -3.96. The van der Waals surface area contributed by atoms with Crippen LogP contribution in [0.15, 0.2) is 78.6 Å². The number of urea groups is 1. The molecular formula is C37H48N4O5. The lowest BCUT2D eigenvalue weighted by molar-refractivity contribution is -0.128. The molecule has 0 saturated carbocycles. The predicted molar refractivity (Wildman–Crippen MR) is 180 cm³/mol. The van der Waals surface area contributed by atoms with E-state index in [9.17, 15) is 26.3 Å². The van der Waals surface area contributed by atoms with Crippen LogP contribution in [0, 0.1) is 19.6 Å². The molecule has 1 aliphatic rings. The van der Waals surface area contributed by atoms with Gasteiger partial charge in [-0.05, 0) is 67.5 Å². The van der Waals surface area contributed by atoms with Crippen LogP contribution in [0.2, 0.25) is 0 Å². The van der Waals surface area contributed by atoms with Gasteiger partial charge in [-0.1, -0.05) is 92.4 Å². The largest absolute Gasteiger partial charge is 0.483 e. The summed E-state index contributed by atoms with van der Waals surface area (Å²) in [7, 11) is 0. The first-order valence-electron chi connectivity index (χ1n) is 26.1. The second-order valence-electron chi connectivity index (χ2n) is 10.3. The summed E-state index contributed by atoms with van der Waals surface area (Å²) < 4.78 is 207. The van der Waals surface area contributed by atoms with Gasteiger partial charge in [0.05, 0.1) is 31.3 Å². The van der Waals surface area contributed by atoms with Crippen molar-refractivity contribution in [3.8, 4) is 5.75 Å². The van der Waals surface area contributed by atoms with Gasteiger partial charge >= 0.3 is 6.03 Å². The van der Waals surface area contributed by atoms with Gasteiger partial charge in [0.1, 0.15) is 11.8 Å². The maximum absolute atomic E-state index is 14.4. The molecule has 1 fully saturated rings. The molecule has 1 heterocycles. The highest BCUT2D eigenvalue weighted by molar-refractivity contribution is 5.87. The number of aliphatic hydroxyl groups excluding tert-OH is 1. The molecule has 0 unspecified atom stereocenters. The Morgan fingerprint density at radius 2 is 1.63 bits per heavy atom. The Morgan fingerprint density at radius 3 is 2.22 bits per heavy atom. The summed E-state index contributed by atoms with van der Waals surface area (Å²) in [5.41, 5.74) is -5.04. The van der Waals surface area contributed by atoms with Gasteiger partial charge in [0, 0.05) is 32.8 Å². The van der Waals surface area contributed by atoms with Crippen LogP contribution < -0.4 is 20.7 Å². The summed E-state index contributed by atoms with van der Waals surface area (Å²) >= 11 is 0. The smallest absolute Gasteiger partial charge is 0.318 e. The minimum Gasteiger partial charge on any atom is -0.483 e. The number of ether oxygens (including phenoxy) is 1. The number of benzene rings is 3. The van der Waals surface area contributed by atoms with Crippen LogP contribution in [-0.4, -0.2) is 71.8 Å². The lowest BCUT2D eigenvalue weighted by Crippen LogP contribution is -2.59. The zero-order valence-electron chi connectivity index (χ0n) is 48.9. The van der Waals surface area contributed by atoms with Crippen molar-refractivity contribution < 1.29 is 57.1 Å². The van der Waals surface area contributed by atoms with Crippen molar-refractivity contribution in [3.63, 3.8) is 0 Å². The van der Waals surface area contributed by atoms with Gasteiger partial charge in [-0.3, -0.25) is 9.59 Å². The first-order chi connectivity index (χ1) is 31.8. The summed E-state index contributed by atoms with van der Waals surface area (Å²) in [5, 5.41) is 18.8. The molecule has 0 bridgehead atoms. The minimum absolute atomic E-state index is 0.00525. The average Bonchev–Trinajstić information content (AvgIpc) is 3.23. The molecule has 3 aromatic rings. The quantitative estimate of drug-likeness (QED) is 0.195. The Kier molecular flexibility index (Phi) is 5.33. The van der Waals surface area contributed by atoms with Gasteiger partial charge in [0.25, 0.3) is 5.91 Å². The van der Waals surface area contributed by atoms with Gasteiger partial charge in [0.2, 0.25) is 5.91 Å². The lowest BCUT2D eigenvalue weighted by Gasteiger charge is -2.37. The fourth-order valence-corrected chi connectivity index (χ4v) is 4.47. The second kappa shape index (κ2) is 16.8. The molecule has 0 spiro atoms. The summed E-state index contributed by atoms with van der Waals surface area (Å²) in [6, 6.07) is -23.6. The van der Waals surface area contributed by atoms with Crippen LogP contribution in [0.4, 0.5) is 4.79 Å². The van der Waals surface area contributed by atoms with E-state index in [1.54, 1.807) is 5.32 Å². The molecule has 4 amide bonds. The average molecular weight is 653 g/mol. The number of aliphatic hydroxyl groups is 1. The van der Waals surface area contributed by atoms with Crippen molar-refractivity contribution in [3.05, 3.63) is 101 Å². The molecule has 4 atom stereocenters. The predicted octanol–water partition coefficient (Wildman–Crippen LogP) is 4.33. The van der Waals surface area contributed by atoms with E-state index >= 15 is 0 Å². The van der Waals surface area contributed by atoms with E-state index in [-0.39, 0.29) is 13.1 Å². The van der Waals surface area contributed by atoms with E-state index in [2.05, 4.69) is 10.6 Å². The Balaban J connectivity index is 2.00. The number of nitrogens with one attached hydrogen (secondary N) is 3. The fraction of sp³-hybridized carbons (Fsp3) is 0.432. The topological polar surface area (TPSA) is 120 Å². The van der Waals surface area contributed by atoms with Gasteiger partial charge in [0.15, 0.2) is 6.61 Å². The van der Waals surface area contributed by atoms with E-state index in [0.717, 1.165) is 4.90 Å². The first-order valence-corrected chi connectivity index (χ1v) is 14.1. The summed E-state index contributed by atoms with van der Waals surface area (Å²) in [4.78, 5) is 42.5. The van der Waals surface area contributed by atoms with Crippen molar-refractivity contribution in [2.45, 2.75) is 77.3 Å². The van der Waals surface area contributed by atoms with Crippen molar-refractivity contribution in [2.24, 2.45) is 5.92 Å². The Bertz CT molecular complexity index is 2470. The highest BCUT2D eigenvalue weighted by Gasteiger charge is 2.35. The highest BCUT2D eigenvalue weighted by Crippen LogP contribution is 2.22. The number of hydrogen-bond acceptors (Lipinski definition) is 5. The Morgan fingerprint density at radius 1 is 1.00 bits per heavy atom. The number of hydrogen-bond donors (Lipinski definition) is 4. The molecule has 3 aromatic carbocycles. The molecule has 4 rings (SSSR count). The highest BCUT2D eigenvalue weighted by atomic mass is 16.5. The molecule has 1 saturated heterocycles. The second-order valence-corrected chi connectivity index (χ2v) is 10.3. The van der Waals surface area contributed by atoms with Crippen LogP contribution in [0.3, 0.4) is 0 Å². The number of rotatable bonds is 15. The number of nitrogens with zero attached hydrogens (tertiary/aromatic N) is 1. The lowest BCUT2D eigenvalue weighted by atomic mass is 9.92. The van der Waals surface area contributed by atoms with Gasteiger partial charge in [-0.2, -0.15) is 0 Å². The zero-order valence-corrected chi connectivity index (χ0v) is 24.9. The van der Waals surface area contributed by atoms with E-state index in [1.807, 2.05) is 0 Å². The maximum atomic E-state index is 14.4. The summed E-state index contributed by atoms with van der Waals surface area (Å²) in [6.45, 7) is -5.35. The molecule has 1 aliphatic heterocycles. The van der Waals surface area contributed by atoms with Crippen molar-refractivity contribution in [1.29, 1.82) is 0 Å². The Hall–Kier alpha value is -4.37. The molecule has 46 heavy (non-hydrogen) atoms. The van der Waals surface area contributed by atoms with Crippen LogP contribution in [0.1, 0.15) is 81.8 Å². The Labute approximate surface area is 306 Å². The zero-order chi connectivity index (χ0) is 53.9. The third-order valence-corrected chi connectivity index (χ3v) is 6.49. The van der Waals surface area contributed by atoms with E-state index in [4.69, 9.17) is 30.8 Å². The normalized spacial score (nSPS) is 25.1. The van der Waals surface area contributed by atoms with Crippen LogP contribution in [-0.2, 0) is 22.3 Å². The van der Waals surface area contributed by atoms with Crippen LogP contribution in [0.5, 0.6) is 5.75 Å². The van der Waals surface area contributed by atoms with Crippen molar-refractivity contribution >= 4 is 17.8 Å². The van der Waals surface area contributed by atoms with Crippen molar-refractivity contribution in [2.75, 3.05) is 19.7 Å². The molecule has 9 nitrogen and oxygen atoms in total. The van der Waals surface area contributed by atoms with Crippen LogP contribution >= 0.6 is 0 Å².